The van der Waals surface area contributed by atoms with Crippen LogP contribution >= 0.6 is 0 Å². The van der Waals surface area contributed by atoms with Gasteiger partial charge in [0.1, 0.15) is 0 Å². The third kappa shape index (κ3) is 9.20. The van der Waals surface area contributed by atoms with Crippen LogP contribution in [0.5, 0.6) is 0 Å². The largest absolute Gasteiger partial charge is 0.397 e. The van der Waals surface area contributed by atoms with E-state index in [4.69, 9.17) is 4.55 Å². The van der Waals surface area contributed by atoms with Crippen molar-refractivity contribution in [2.24, 2.45) is 0 Å². The van der Waals surface area contributed by atoms with Gasteiger partial charge in [0.05, 0.1) is 7.11 Å². The molecule has 0 radical (unpaired) electrons. The normalized spacial score (nSPS) is 9.83. The first-order valence-corrected chi connectivity index (χ1v) is 7.96. The SMILES string of the molecule is COS(=O)(=O)O.c1ccc(-c2ccccc2)cc1.c1cn[nH]c1. The van der Waals surface area contributed by atoms with Crippen molar-refractivity contribution in [3.05, 3.63) is 79.1 Å². The molecule has 0 saturated heterocycles. The van der Waals surface area contributed by atoms with E-state index in [-0.39, 0.29) is 0 Å². The Kier molecular flexibility index (Phi) is 8.30. The molecule has 1 heterocycles. The molecule has 3 aromatic rings. The van der Waals surface area contributed by atoms with E-state index >= 15 is 0 Å². The van der Waals surface area contributed by atoms with Gasteiger partial charge in [-0.15, -0.1) is 0 Å². The summed E-state index contributed by atoms with van der Waals surface area (Å²) in [5, 5.41) is 6.21. The Morgan fingerprint density at radius 1 is 0.913 bits per heavy atom. The summed E-state index contributed by atoms with van der Waals surface area (Å²) in [6.07, 6.45) is 3.46. The van der Waals surface area contributed by atoms with Gasteiger partial charge in [-0.25, -0.2) is 0 Å². The maximum absolute atomic E-state index is 9.33. The minimum atomic E-state index is -4.16. The molecule has 0 aliphatic rings. The van der Waals surface area contributed by atoms with Crippen molar-refractivity contribution in [3.63, 3.8) is 0 Å². The molecular weight excluding hydrogens is 316 g/mol. The number of rotatable bonds is 2. The molecule has 7 heteroatoms. The molecular formula is C16H18N2O4S. The number of hydrogen-bond acceptors (Lipinski definition) is 4. The first-order chi connectivity index (χ1) is 11.0. The standard InChI is InChI=1S/C12H10.C3H4N2.CH4O4S/c1-3-7-11(8-4-1)12-9-5-2-6-10-12;1-2-4-5-3-1;1-5-6(2,3)4/h1-10H;1-3H,(H,4,5);1H3,(H,2,3,4). The lowest BCUT2D eigenvalue weighted by Gasteiger charge is -1.98. The average Bonchev–Trinajstić information content (AvgIpc) is 3.16. The van der Waals surface area contributed by atoms with Crippen molar-refractivity contribution in [2.45, 2.75) is 0 Å². The molecule has 0 unspecified atom stereocenters. The molecule has 0 fully saturated rings. The second kappa shape index (κ2) is 10.3. The van der Waals surface area contributed by atoms with Crippen molar-refractivity contribution in [3.8, 4) is 11.1 Å². The molecule has 0 saturated carbocycles. The van der Waals surface area contributed by atoms with Crippen LogP contribution in [-0.4, -0.2) is 30.3 Å². The molecule has 0 spiro atoms. The third-order valence-corrected chi connectivity index (χ3v) is 2.92. The minimum Gasteiger partial charge on any atom is -0.286 e. The Hall–Kier alpha value is -2.48. The highest BCUT2D eigenvalue weighted by Gasteiger charge is 1.94. The summed E-state index contributed by atoms with van der Waals surface area (Å²) in [4.78, 5) is 0. The van der Waals surface area contributed by atoms with E-state index in [1.54, 1.807) is 12.4 Å². The summed E-state index contributed by atoms with van der Waals surface area (Å²) in [5.41, 5.74) is 2.55. The van der Waals surface area contributed by atoms with E-state index in [2.05, 4.69) is 62.9 Å². The van der Waals surface area contributed by atoms with Crippen molar-refractivity contribution in [2.75, 3.05) is 7.11 Å². The first-order valence-electron chi connectivity index (χ1n) is 6.60. The molecule has 0 bridgehead atoms. The van der Waals surface area contributed by atoms with Gasteiger partial charge in [-0.3, -0.25) is 13.8 Å². The fourth-order valence-electron chi connectivity index (χ4n) is 1.48. The van der Waals surface area contributed by atoms with E-state index in [0.717, 1.165) is 7.11 Å². The summed E-state index contributed by atoms with van der Waals surface area (Å²) in [5.74, 6) is 0. The second-order valence-corrected chi connectivity index (χ2v) is 5.28. The van der Waals surface area contributed by atoms with Gasteiger partial charge in [0, 0.05) is 12.4 Å². The molecule has 0 amide bonds. The van der Waals surface area contributed by atoms with Crippen molar-refractivity contribution in [1.29, 1.82) is 0 Å². The molecule has 2 N–H and O–H groups in total. The summed E-state index contributed by atoms with van der Waals surface area (Å²) in [7, 11) is -3.29. The summed E-state index contributed by atoms with van der Waals surface area (Å²) < 4.78 is 29.7. The van der Waals surface area contributed by atoms with Crippen LogP contribution in [0.3, 0.4) is 0 Å². The molecule has 0 aliphatic heterocycles. The van der Waals surface area contributed by atoms with Gasteiger partial charge in [-0.1, -0.05) is 60.7 Å². The van der Waals surface area contributed by atoms with Crippen molar-refractivity contribution < 1.29 is 17.2 Å². The number of aromatic nitrogens is 2. The topological polar surface area (TPSA) is 92.3 Å². The third-order valence-electron chi connectivity index (χ3n) is 2.50. The van der Waals surface area contributed by atoms with Crippen LogP contribution in [0.4, 0.5) is 0 Å². The lowest BCUT2D eigenvalue weighted by molar-refractivity contribution is 0.324. The fourth-order valence-corrected chi connectivity index (χ4v) is 1.48. The number of nitrogens with zero attached hydrogens (tertiary/aromatic N) is 1. The molecule has 23 heavy (non-hydrogen) atoms. The van der Waals surface area contributed by atoms with Crippen LogP contribution in [0, 0.1) is 0 Å². The number of H-pyrrole nitrogens is 1. The monoisotopic (exact) mass is 334 g/mol. The van der Waals surface area contributed by atoms with Crippen LogP contribution in [0.15, 0.2) is 79.1 Å². The summed E-state index contributed by atoms with van der Waals surface area (Å²) in [6, 6.07) is 22.6. The van der Waals surface area contributed by atoms with Crippen LogP contribution in [0.1, 0.15) is 0 Å². The number of benzene rings is 2. The van der Waals surface area contributed by atoms with E-state index in [1.807, 2.05) is 18.2 Å². The Bertz CT molecular complexity index is 676. The average molecular weight is 334 g/mol. The van der Waals surface area contributed by atoms with Gasteiger partial charge in [0.15, 0.2) is 0 Å². The molecule has 122 valence electrons. The zero-order chi connectivity index (χ0) is 17.0. The fraction of sp³-hybridized carbons (Fsp3) is 0.0625. The Labute approximate surface area is 135 Å². The van der Waals surface area contributed by atoms with Crippen LogP contribution in [0.2, 0.25) is 0 Å². The van der Waals surface area contributed by atoms with E-state index in [1.165, 1.54) is 11.1 Å². The van der Waals surface area contributed by atoms with Gasteiger partial charge in [0.2, 0.25) is 0 Å². The van der Waals surface area contributed by atoms with Gasteiger partial charge in [-0.05, 0) is 17.2 Å². The lowest BCUT2D eigenvalue weighted by atomic mass is 10.1. The Morgan fingerprint density at radius 3 is 1.57 bits per heavy atom. The van der Waals surface area contributed by atoms with Crippen LogP contribution in [-0.2, 0) is 14.6 Å². The Morgan fingerprint density at radius 2 is 1.35 bits per heavy atom. The number of aromatic amines is 1. The summed E-state index contributed by atoms with van der Waals surface area (Å²) >= 11 is 0. The van der Waals surface area contributed by atoms with Crippen LogP contribution < -0.4 is 0 Å². The molecule has 0 atom stereocenters. The molecule has 0 aliphatic carbocycles. The molecule has 2 aromatic carbocycles. The van der Waals surface area contributed by atoms with Crippen molar-refractivity contribution in [1.82, 2.24) is 10.2 Å². The highest BCUT2D eigenvalue weighted by molar-refractivity contribution is 7.80. The Balaban J connectivity index is 0.000000202. The van der Waals surface area contributed by atoms with Gasteiger partial charge in [0.25, 0.3) is 0 Å². The zero-order valence-electron chi connectivity index (χ0n) is 12.5. The smallest absolute Gasteiger partial charge is 0.286 e. The maximum atomic E-state index is 9.33. The molecule has 3 rings (SSSR count). The number of hydrogen-bond donors (Lipinski definition) is 2. The molecule has 6 nitrogen and oxygen atoms in total. The van der Waals surface area contributed by atoms with Crippen LogP contribution in [0.25, 0.3) is 11.1 Å². The lowest BCUT2D eigenvalue weighted by Crippen LogP contribution is -1.96. The van der Waals surface area contributed by atoms with Crippen molar-refractivity contribution >= 4 is 10.4 Å². The van der Waals surface area contributed by atoms with Gasteiger partial charge < -0.3 is 0 Å². The van der Waals surface area contributed by atoms with Gasteiger partial charge in [-0.2, -0.15) is 13.5 Å². The number of nitrogens with one attached hydrogen (secondary N) is 1. The summed E-state index contributed by atoms with van der Waals surface area (Å²) in [6.45, 7) is 0. The van der Waals surface area contributed by atoms with E-state index in [0.29, 0.717) is 0 Å². The quantitative estimate of drug-likeness (QED) is 0.702. The predicted molar refractivity (Wildman–Crippen MR) is 89.0 cm³/mol. The highest BCUT2D eigenvalue weighted by atomic mass is 32.3. The highest BCUT2D eigenvalue weighted by Crippen LogP contribution is 2.17. The minimum absolute atomic E-state index is 0.870. The second-order valence-electron chi connectivity index (χ2n) is 4.09. The maximum Gasteiger partial charge on any atom is 0.397 e. The molecule has 1 aromatic heterocycles. The van der Waals surface area contributed by atoms with Gasteiger partial charge >= 0.3 is 10.4 Å². The predicted octanol–water partition coefficient (Wildman–Crippen LogP) is 3.20. The first kappa shape index (κ1) is 18.6. The van der Waals surface area contributed by atoms with E-state index < -0.39 is 10.4 Å². The zero-order valence-corrected chi connectivity index (χ0v) is 13.3. The van der Waals surface area contributed by atoms with E-state index in [9.17, 15) is 8.42 Å².